The molecule has 128 valence electrons. The Bertz CT molecular complexity index is 813. The van der Waals surface area contributed by atoms with Crippen molar-refractivity contribution in [3.05, 3.63) is 71.3 Å². The fraction of sp³-hybridized carbons (Fsp3) is 0.158. The quantitative estimate of drug-likeness (QED) is 0.748. The highest BCUT2D eigenvalue weighted by Crippen LogP contribution is 2.32. The molecular formula is C19H18N2O4. The second-order valence-corrected chi connectivity index (χ2v) is 5.50. The zero-order chi connectivity index (χ0) is 17.8. The molecule has 25 heavy (non-hydrogen) atoms. The van der Waals surface area contributed by atoms with Gasteiger partial charge in [0, 0.05) is 0 Å². The van der Waals surface area contributed by atoms with E-state index in [1.165, 1.54) is 12.1 Å². The zero-order valence-corrected chi connectivity index (χ0v) is 13.7. The first-order chi connectivity index (χ1) is 12.1. The molecule has 1 aliphatic heterocycles. The number of benzene rings is 2. The number of nitrogens with one attached hydrogen (secondary N) is 2. The molecule has 3 N–H and O–H groups in total. The van der Waals surface area contributed by atoms with Gasteiger partial charge in [-0.05, 0) is 30.2 Å². The van der Waals surface area contributed by atoms with Crippen LogP contribution in [0.3, 0.4) is 0 Å². The number of esters is 1. The maximum Gasteiger partial charge on any atom is 0.338 e. The van der Waals surface area contributed by atoms with E-state index in [1.54, 1.807) is 19.1 Å². The van der Waals surface area contributed by atoms with Crippen molar-refractivity contribution in [2.75, 3.05) is 6.61 Å². The van der Waals surface area contributed by atoms with Crippen LogP contribution in [-0.2, 0) is 9.53 Å². The fourth-order valence-electron chi connectivity index (χ4n) is 2.74. The predicted octanol–water partition coefficient (Wildman–Crippen LogP) is 2.72. The lowest BCUT2D eigenvalue weighted by molar-refractivity contribution is -0.138. The van der Waals surface area contributed by atoms with Gasteiger partial charge in [0.2, 0.25) is 0 Å². The standard InChI is InChI=1S/C19H18N2O4/c1-2-25-18(23)15-16(12-6-4-3-5-7-12)20-19(24)21-17(15)13-8-10-14(22)11-9-13/h3-11,17,22H,2H2,1H3,(H2,20,21,24)/t17-/m1/s1. The topological polar surface area (TPSA) is 87.7 Å². The number of phenols is 1. The largest absolute Gasteiger partial charge is 0.508 e. The van der Waals surface area contributed by atoms with Gasteiger partial charge in [0.25, 0.3) is 0 Å². The molecule has 3 rings (SSSR count). The Morgan fingerprint density at radius 2 is 1.80 bits per heavy atom. The van der Waals surface area contributed by atoms with Gasteiger partial charge < -0.3 is 20.5 Å². The third kappa shape index (κ3) is 3.47. The molecule has 0 aliphatic carbocycles. The van der Waals surface area contributed by atoms with E-state index in [0.717, 1.165) is 0 Å². The number of phenolic OH excluding ortho intramolecular Hbond substituents is 1. The first kappa shape index (κ1) is 16.6. The van der Waals surface area contributed by atoms with Gasteiger partial charge in [-0.15, -0.1) is 0 Å². The van der Waals surface area contributed by atoms with Crippen LogP contribution in [0.5, 0.6) is 5.75 Å². The van der Waals surface area contributed by atoms with Crippen LogP contribution in [-0.4, -0.2) is 23.7 Å². The number of carbonyl (C=O) groups excluding carboxylic acids is 2. The Hall–Kier alpha value is -3.28. The van der Waals surface area contributed by atoms with E-state index >= 15 is 0 Å². The lowest BCUT2D eigenvalue weighted by Gasteiger charge is -2.29. The minimum absolute atomic E-state index is 0.106. The van der Waals surface area contributed by atoms with E-state index in [9.17, 15) is 14.7 Å². The Kier molecular flexibility index (Phi) is 4.70. The molecule has 6 nitrogen and oxygen atoms in total. The summed E-state index contributed by atoms with van der Waals surface area (Å²) in [7, 11) is 0. The maximum atomic E-state index is 12.6. The summed E-state index contributed by atoms with van der Waals surface area (Å²) in [5.74, 6) is -0.402. The van der Waals surface area contributed by atoms with E-state index in [0.29, 0.717) is 22.4 Å². The van der Waals surface area contributed by atoms with Crippen molar-refractivity contribution in [1.29, 1.82) is 0 Å². The third-order valence-corrected chi connectivity index (χ3v) is 3.86. The number of rotatable bonds is 4. The highest BCUT2D eigenvalue weighted by Gasteiger charge is 2.34. The molecule has 0 unspecified atom stereocenters. The average molecular weight is 338 g/mol. The van der Waals surface area contributed by atoms with Gasteiger partial charge in [0.05, 0.1) is 23.9 Å². The van der Waals surface area contributed by atoms with Crippen LogP contribution in [0.15, 0.2) is 60.2 Å². The van der Waals surface area contributed by atoms with Gasteiger partial charge in [-0.25, -0.2) is 9.59 Å². The summed E-state index contributed by atoms with van der Waals surface area (Å²) in [6, 6.07) is 14.4. The molecule has 1 aliphatic rings. The Morgan fingerprint density at radius 1 is 1.12 bits per heavy atom. The predicted molar refractivity (Wildman–Crippen MR) is 92.5 cm³/mol. The molecule has 2 amide bonds. The summed E-state index contributed by atoms with van der Waals surface area (Å²) < 4.78 is 5.21. The lowest BCUT2D eigenvalue weighted by atomic mass is 9.92. The van der Waals surface area contributed by atoms with Gasteiger partial charge >= 0.3 is 12.0 Å². The molecular weight excluding hydrogens is 320 g/mol. The fourth-order valence-corrected chi connectivity index (χ4v) is 2.74. The zero-order valence-electron chi connectivity index (χ0n) is 13.7. The SMILES string of the molecule is CCOC(=O)C1=C(c2ccccc2)NC(=O)N[C@@H]1c1ccc(O)cc1. The Balaban J connectivity index is 2.16. The minimum atomic E-state index is -0.677. The second-order valence-electron chi connectivity index (χ2n) is 5.50. The van der Waals surface area contributed by atoms with Crippen molar-refractivity contribution >= 4 is 17.7 Å². The second kappa shape index (κ2) is 7.09. The molecule has 6 heteroatoms. The monoisotopic (exact) mass is 338 g/mol. The van der Waals surface area contributed by atoms with Crippen molar-refractivity contribution in [3.63, 3.8) is 0 Å². The van der Waals surface area contributed by atoms with Crippen LogP contribution in [0, 0.1) is 0 Å². The van der Waals surface area contributed by atoms with Crippen LogP contribution >= 0.6 is 0 Å². The molecule has 0 radical (unpaired) electrons. The molecule has 0 spiro atoms. The minimum Gasteiger partial charge on any atom is -0.508 e. The first-order valence-electron chi connectivity index (χ1n) is 7.93. The van der Waals surface area contributed by atoms with Crippen LogP contribution in [0.4, 0.5) is 4.79 Å². The molecule has 0 saturated carbocycles. The first-order valence-corrected chi connectivity index (χ1v) is 7.93. The molecule has 0 saturated heterocycles. The van der Waals surface area contributed by atoms with E-state index in [1.807, 2.05) is 30.3 Å². The maximum absolute atomic E-state index is 12.6. The van der Waals surface area contributed by atoms with Crippen molar-refractivity contribution < 1.29 is 19.4 Å². The molecule has 1 heterocycles. The van der Waals surface area contributed by atoms with Crippen molar-refractivity contribution in [2.45, 2.75) is 13.0 Å². The van der Waals surface area contributed by atoms with Crippen molar-refractivity contribution in [2.24, 2.45) is 0 Å². The van der Waals surface area contributed by atoms with Crippen LogP contribution < -0.4 is 10.6 Å². The van der Waals surface area contributed by atoms with Crippen LogP contribution in [0.25, 0.3) is 5.70 Å². The summed E-state index contributed by atoms with van der Waals surface area (Å²) in [6.45, 7) is 1.95. The molecule has 0 aromatic heterocycles. The third-order valence-electron chi connectivity index (χ3n) is 3.86. The number of amides is 2. The summed E-state index contributed by atoms with van der Waals surface area (Å²) in [5, 5.41) is 15.0. The lowest BCUT2D eigenvalue weighted by Crippen LogP contribution is -2.45. The normalized spacial score (nSPS) is 16.8. The summed E-state index contributed by atoms with van der Waals surface area (Å²) in [5.41, 5.74) is 2.12. The summed E-state index contributed by atoms with van der Waals surface area (Å²) in [4.78, 5) is 24.8. The number of hydrogen-bond donors (Lipinski definition) is 3. The summed E-state index contributed by atoms with van der Waals surface area (Å²) >= 11 is 0. The molecule has 1 atom stereocenters. The molecule has 2 aromatic rings. The van der Waals surface area contributed by atoms with E-state index < -0.39 is 18.0 Å². The Labute approximate surface area is 145 Å². The number of aromatic hydroxyl groups is 1. The van der Waals surface area contributed by atoms with Crippen LogP contribution in [0.1, 0.15) is 24.1 Å². The van der Waals surface area contributed by atoms with Crippen LogP contribution in [0.2, 0.25) is 0 Å². The smallest absolute Gasteiger partial charge is 0.338 e. The molecule has 2 aromatic carbocycles. The van der Waals surface area contributed by atoms with E-state index in [2.05, 4.69) is 10.6 Å². The molecule has 0 bridgehead atoms. The number of urea groups is 1. The van der Waals surface area contributed by atoms with E-state index in [-0.39, 0.29) is 12.4 Å². The van der Waals surface area contributed by atoms with Crippen molar-refractivity contribution in [1.82, 2.24) is 10.6 Å². The number of hydrogen-bond acceptors (Lipinski definition) is 4. The van der Waals surface area contributed by atoms with Gasteiger partial charge in [0.15, 0.2) is 0 Å². The number of carbonyl (C=O) groups is 2. The highest BCUT2D eigenvalue weighted by atomic mass is 16.5. The van der Waals surface area contributed by atoms with Crippen molar-refractivity contribution in [3.8, 4) is 5.75 Å². The van der Waals surface area contributed by atoms with Gasteiger partial charge in [-0.2, -0.15) is 0 Å². The van der Waals surface area contributed by atoms with Gasteiger partial charge in [-0.3, -0.25) is 0 Å². The van der Waals surface area contributed by atoms with Gasteiger partial charge in [-0.1, -0.05) is 42.5 Å². The number of ether oxygens (including phenoxy) is 1. The summed E-state index contributed by atoms with van der Waals surface area (Å²) in [6.07, 6.45) is 0. The molecule has 0 fully saturated rings. The van der Waals surface area contributed by atoms with E-state index in [4.69, 9.17) is 4.74 Å². The highest BCUT2D eigenvalue weighted by molar-refractivity contribution is 6.04. The average Bonchev–Trinajstić information content (AvgIpc) is 2.62. The Morgan fingerprint density at radius 3 is 2.44 bits per heavy atom. The van der Waals surface area contributed by atoms with Gasteiger partial charge in [0.1, 0.15) is 5.75 Å².